The van der Waals surface area contributed by atoms with Gasteiger partial charge in [-0.25, -0.2) is 0 Å². The highest BCUT2D eigenvalue weighted by Gasteiger charge is 2.18. The Labute approximate surface area is 113 Å². The zero-order valence-electron chi connectivity index (χ0n) is 12.6. The maximum Gasteiger partial charge on any atom is 0.0550 e. The minimum absolute atomic E-state index is 0.244. The number of aliphatic hydroxyl groups excluding tert-OH is 1. The molecule has 3 nitrogen and oxygen atoms in total. The molecule has 0 saturated heterocycles. The van der Waals surface area contributed by atoms with E-state index in [1.165, 1.54) is 32.1 Å². The second kappa shape index (κ2) is 10.8. The van der Waals surface area contributed by atoms with Gasteiger partial charge in [0.1, 0.15) is 0 Å². The van der Waals surface area contributed by atoms with E-state index in [0.717, 1.165) is 19.3 Å². The van der Waals surface area contributed by atoms with Crippen molar-refractivity contribution >= 4 is 0 Å². The van der Waals surface area contributed by atoms with Gasteiger partial charge in [-0.3, -0.25) is 0 Å². The van der Waals surface area contributed by atoms with Crippen molar-refractivity contribution < 1.29 is 5.11 Å². The van der Waals surface area contributed by atoms with Crippen molar-refractivity contribution in [3.63, 3.8) is 0 Å². The molecule has 0 fully saturated rings. The molecular formula is C15H34N2O. The lowest BCUT2D eigenvalue weighted by molar-refractivity contribution is 0.164. The van der Waals surface area contributed by atoms with Gasteiger partial charge in [-0.1, -0.05) is 46.0 Å². The van der Waals surface area contributed by atoms with Crippen LogP contribution in [0.3, 0.4) is 0 Å². The monoisotopic (exact) mass is 258 g/mol. The zero-order chi connectivity index (χ0) is 14.0. The molecule has 0 aliphatic carbocycles. The number of rotatable bonds is 11. The molecule has 2 unspecified atom stereocenters. The summed E-state index contributed by atoms with van der Waals surface area (Å²) < 4.78 is 0. The maximum atomic E-state index is 9.34. The molecule has 0 aromatic carbocycles. The molecule has 3 atom stereocenters. The summed E-state index contributed by atoms with van der Waals surface area (Å²) in [6.07, 6.45) is 8.91. The van der Waals surface area contributed by atoms with Crippen molar-refractivity contribution in [3.05, 3.63) is 0 Å². The molecule has 3 heteroatoms. The third kappa shape index (κ3) is 9.86. The Hall–Kier alpha value is -0.120. The smallest absolute Gasteiger partial charge is 0.0550 e. The Bertz CT molecular complexity index is 183. The van der Waals surface area contributed by atoms with Crippen LogP contribution in [0.2, 0.25) is 0 Å². The SMILES string of the molecule is CCCCCCC(C)CC(CC[C@H](C)O)C(N)N. The van der Waals surface area contributed by atoms with Crippen LogP contribution in [0.15, 0.2) is 0 Å². The van der Waals surface area contributed by atoms with Crippen LogP contribution in [0.1, 0.15) is 72.1 Å². The predicted molar refractivity (Wildman–Crippen MR) is 79.1 cm³/mol. The molecule has 0 saturated carbocycles. The van der Waals surface area contributed by atoms with Gasteiger partial charge >= 0.3 is 0 Å². The van der Waals surface area contributed by atoms with Crippen molar-refractivity contribution in [2.75, 3.05) is 0 Å². The number of unbranched alkanes of at least 4 members (excludes halogenated alkanes) is 3. The average molecular weight is 258 g/mol. The van der Waals surface area contributed by atoms with Crippen LogP contribution in [-0.2, 0) is 0 Å². The summed E-state index contributed by atoms with van der Waals surface area (Å²) in [4.78, 5) is 0. The normalized spacial score (nSPS) is 16.8. The van der Waals surface area contributed by atoms with E-state index < -0.39 is 0 Å². The van der Waals surface area contributed by atoms with Crippen molar-refractivity contribution in [2.45, 2.75) is 84.4 Å². The van der Waals surface area contributed by atoms with Crippen LogP contribution in [0.4, 0.5) is 0 Å². The van der Waals surface area contributed by atoms with Gasteiger partial charge in [-0.05, 0) is 38.0 Å². The van der Waals surface area contributed by atoms with Gasteiger partial charge in [0.2, 0.25) is 0 Å². The van der Waals surface area contributed by atoms with Crippen LogP contribution in [0.5, 0.6) is 0 Å². The third-order valence-electron chi connectivity index (χ3n) is 3.76. The van der Waals surface area contributed by atoms with Crippen molar-refractivity contribution in [3.8, 4) is 0 Å². The molecule has 0 amide bonds. The molecule has 0 aliphatic heterocycles. The fourth-order valence-electron chi connectivity index (χ4n) is 2.48. The van der Waals surface area contributed by atoms with Gasteiger partial charge in [-0.15, -0.1) is 0 Å². The molecule has 0 heterocycles. The summed E-state index contributed by atoms with van der Waals surface area (Å²) in [5.74, 6) is 1.04. The van der Waals surface area contributed by atoms with Crippen molar-refractivity contribution in [1.82, 2.24) is 0 Å². The predicted octanol–water partition coefficient (Wildman–Crippen LogP) is 3.00. The van der Waals surface area contributed by atoms with E-state index in [9.17, 15) is 5.11 Å². The van der Waals surface area contributed by atoms with Crippen LogP contribution in [0, 0.1) is 11.8 Å². The zero-order valence-corrected chi connectivity index (χ0v) is 12.6. The summed E-state index contributed by atoms with van der Waals surface area (Å²) in [5.41, 5.74) is 11.7. The lowest BCUT2D eigenvalue weighted by Gasteiger charge is -2.24. The molecule has 0 aliphatic rings. The van der Waals surface area contributed by atoms with E-state index in [2.05, 4.69) is 13.8 Å². The van der Waals surface area contributed by atoms with Crippen LogP contribution in [-0.4, -0.2) is 17.4 Å². The standard InChI is InChI=1S/C15H34N2O/c1-4-5-6-7-8-12(2)11-14(15(16)17)10-9-13(3)18/h12-15,18H,4-11,16-17H2,1-3H3/t12?,13-,14?/m0/s1. The molecule has 110 valence electrons. The Kier molecular flexibility index (Phi) is 10.7. The lowest BCUT2D eigenvalue weighted by Crippen LogP contribution is -2.39. The Morgan fingerprint density at radius 2 is 1.61 bits per heavy atom. The lowest BCUT2D eigenvalue weighted by atomic mass is 9.86. The van der Waals surface area contributed by atoms with Crippen molar-refractivity contribution in [1.29, 1.82) is 0 Å². The van der Waals surface area contributed by atoms with E-state index >= 15 is 0 Å². The molecule has 0 spiro atoms. The molecule has 0 aromatic rings. The second-order valence-electron chi connectivity index (χ2n) is 5.95. The Balaban J connectivity index is 3.84. The first kappa shape index (κ1) is 17.9. The topological polar surface area (TPSA) is 72.3 Å². The van der Waals surface area contributed by atoms with Crippen LogP contribution >= 0.6 is 0 Å². The summed E-state index contributed by atoms with van der Waals surface area (Å²) in [5, 5.41) is 9.34. The average Bonchev–Trinajstić information content (AvgIpc) is 2.29. The van der Waals surface area contributed by atoms with Crippen LogP contribution < -0.4 is 11.5 Å². The fraction of sp³-hybridized carbons (Fsp3) is 1.00. The van der Waals surface area contributed by atoms with Gasteiger partial charge in [0.15, 0.2) is 0 Å². The van der Waals surface area contributed by atoms with Gasteiger partial charge in [-0.2, -0.15) is 0 Å². The van der Waals surface area contributed by atoms with Crippen molar-refractivity contribution in [2.24, 2.45) is 23.3 Å². The first-order chi connectivity index (χ1) is 8.47. The highest BCUT2D eigenvalue weighted by Crippen LogP contribution is 2.23. The highest BCUT2D eigenvalue weighted by atomic mass is 16.3. The number of hydrogen-bond acceptors (Lipinski definition) is 3. The van der Waals surface area contributed by atoms with E-state index in [4.69, 9.17) is 11.5 Å². The third-order valence-corrected chi connectivity index (χ3v) is 3.76. The number of hydrogen-bond donors (Lipinski definition) is 3. The summed E-state index contributed by atoms with van der Waals surface area (Å²) in [6.45, 7) is 6.36. The molecular weight excluding hydrogens is 224 g/mol. The van der Waals surface area contributed by atoms with E-state index in [-0.39, 0.29) is 12.3 Å². The fourth-order valence-corrected chi connectivity index (χ4v) is 2.48. The second-order valence-corrected chi connectivity index (χ2v) is 5.95. The highest BCUT2D eigenvalue weighted by molar-refractivity contribution is 4.71. The number of nitrogens with two attached hydrogens (primary N) is 2. The molecule has 18 heavy (non-hydrogen) atoms. The molecule has 0 bridgehead atoms. The van der Waals surface area contributed by atoms with Gasteiger partial charge in [0.05, 0.1) is 12.3 Å². The molecule has 0 rings (SSSR count). The maximum absolute atomic E-state index is 9.34. The number of aliphatic hydroxyl groups is 1. The largest absolute Gasteiger partial charge is 0.393 e. The van der Waals surface area contributed by atoms with Gasteiger partial charge in [0, 0.05) is 0 Å². The van der Waals surface area contributed by atoms with E-state index in [1.807, 2.05) is 6.92 Å². The minimum atomic E-state index is -0.248. The summed E-state index contributed by atoms with van der Waals surface area (Å²) in [7, 11) is 0. The molecule has 0 radical (unpaired) electrons. The summed E-state index contributed by atoms with van der Waals surface area (Å²) in [6, 6.07) is 0. The van der Waals surface area contributed by atoms with Gasteiger partial charge < -0.3 is 16.6 Å². The first-order valence-electron chi connectivity index (χ1n) is 7.66. The summed E-state index contributed by atoms with van der Waals surface area (Å²) >= 11 is 0. The molecule has 0 aromatic heterocycles. The molecule has 5 N–H and O–H groups in total. The Morgan fingerprint density at radius 3 is 2.11 bits per heavy atom. The van der Waals surface area contributed by atoms with Crippen LogP contribution in [0.25, 0.3) is 0 Å². The quantitative estimate of drug-likeness (QED) is 0.394. The van der Waals surface area contributed by atoms with E-state index in [1.54, 1.807) is 0 Å². The first-order valence-corrected chi connectivity index (χ1v) is 7.66. The Morgan fingerprint density at radius 1 is 0.944 bits per heavy atom. The minimum Gasteiger partial charge on any atom is -0.393 e. The van der Waals surface area contributed by atoms with E-state index in [0.29, 0.717) is 11.8 Å². The van der Waals surface area contributed by atoms with Gasteiger partial charge in [0.25, 0.3) is 0 Å².